The van der Waals surface area contributed by atoms with Gasteiger partial charge in [0.15, 0.2) is 0 Å². The van der Waals surface area contributed by atoms with Gasteiger partial charge < -0.3 is 14.2 Å². The number of anilines is 1. The highest BCUT2D eigenvalue weighted by Crippen LogP contribution is 2.45. The predicted molar refractivity (Wildman–Crippen MR) is 141 cm³/mol. The van der Waals surface area contributed by atoms with E-state index >= 15 is 0 Å². The molecule has 2 aromatic carbocycles. The van der Waals surface area contributed by atoms with Gasteiger partial charge in [-0.2, -0.15) is 15.2 Å². The van der Waals surface area contributed by atoms with E-state index in [4.69, 9.17) is 9.26 Å². The molecule has 1 saturated carbocycles. The Morgan fingerprint density at radius 2 is 1.92 bits per heavy atom. The van der Waals surface area contributed by atoms with Gasteiger partial charge in [0.25, 0.3) is 5.91 Å². The van der Waals surface area contributed by atoms with Gasteiger partial charge in [-0.15, -0.1) is 0 Å². The van der Waals surface area contributed by atoms with Gasteiger partial charge in [0.2, 0.25) is 23.5 Å². The molecule has 2 heterocycles. The van der Waals surface area contributed by atoms with Crippen molar-refractivity contribution in [1.29, 1.82) is 5.26 Å². The molecule has 10 nitrogen and oxygen atoms in total. The second kappa shape index (κ2) is 10.8. The molecule has 10 heteroatoms. The lowest BCUT2D eigenvalue weighted by Gasteiger charge is -2.12. The summed E-state index contributed by atoms with van der Waals surface area (Å²) in [5, 5.41) is 16.0. The number of ether oxygens (including phenoxy) is 1. The summed E-state index contributed by atoms with van der Waals surface area (Å²) < 4.78 is 10.8. The van der Waals surface area contributed by atoms with Crippen LogP contribution in [0, 0.1) is 18.3 Å². The third-order valence-corrected chi connectivity index (χ3v) is 6.19. The summed E-state index contributed by atoms with van der Waals surface area (Å²) >= 11 is 0. The SMILES string of the molecule is Cc1nc(-c2ccc(-c3ccc(C(=O)Nc4ncc(C#N)c(OCCN(C)C)n4)cc3)c(C3CC3)c2)no1. The van der Waals surface area contributed by atoms with Gasteiger partial charge in [0.1, 0.15) is 18.2 Å². The van der Waals surface area contributed by atoms with Crippen LogP contribution in [0.25, 0.3) is 22.5 Å². The number of nitrogens with zero attached hydrogens (tertiary/aromatic N) is 6. The smallest absolute Gasteiger partial charge is 0.258 e. The quantitative estimate of drug-likeness (QED) is 0.348. The van der Waals surface area contributed by atoms with Crippen molar-refractivity contribution in [2.45, 2.75) is 25.7 Å². The van der Waals surface area contributed by atoms with Crippen LogP contribution in [0.2, 0.25) is 0 Å². The van der Waals surface area contributed by atoms with Crippen LogP contribution in [0.15, 0.2) is 53.2 Å². The van der Waals surface area contributed by atoms with Gasteiger partial charge in [-0.25, -0.2) is 4.98 Å². The molecule has 1 amide bonds. The summed E-state index contributed by atoms with van der Waals surface area (Å²) in [7, 11) is 3.84. The van der Waals surface area contributed by atoms with Crippen LogP contribution in [-0.2, 0) is 0 Å². The van der Waals surface area contributed by atoms with Gasteiger partial charge in [-0.1, -0.05) is 29.4 Å². The van der Waals surface area contributed by atoms with E-state index < -0.39 is 0 Å². The van der Waals surface area contributed by atoms with E-state index in [-0.39, 0.29) is 23.3 Å². The standard InChI is InChI=1S/C28H27N7O3/c1-17-31-25(34-38-17)21-10-11-23(24(14-21)19-4-5-19)18-6-8-20(9-7-18)26(36)32-28-30-16-22(15-29)27(33-28)37-13-12-35(2)3/h6-11,14,16,19H,4-5,12-13H2,1-3H3,(H,30,32,33,36). The molecular weight excluding hydrogens is 482 g/mol. The van der Waals surface area contributed by atoms with Crippen LogP contribution in [0.4, 0.5) is 5.95 Å². The Kier molecular flexibility index (Phi) is 7.11. The molecule has 1 N–H and O–H groups in total. The van der Waals surface area contributed by atoms with Crippen molar-refractivity contribution in [1.82, 2.24) is 25.0 Å². The van der Waals surface area contributed by atoms with Crippen LogP contribution in [0.3, 0.4) is 0 Å². The average Bonchev–Trinajstić information content (AvgIpc) is 3.68. The molecule has 0 bridgehead atoms. The number of likely N-dealkylation sites (N-methyl/N-ethyl adjacent to an activating group) is 1. The Balaban J connectivity index is 1.32. The number of carbonyl (C=O) groups excluding carboxylic acids is 1. The number of nitrogens with one attached hydrogen (secondary N) is 1. The van der Waals surface area contributed by atoms with Crippen LogP contribution < -0.4 is 10.1 Å². The maximum absolute atomic E-state index is 12.9. The highest BCUT2D eigenvalue weighted by Gasteiger charge is 2.27. The molecule has 38 heavy (non-hydrogen) atoms. The normalized spacial score (nSPS) is 12.8. The fourth-order valence-electron chi connectivity index (χ4n) is 4.03. The second-order valence-electron chi connectivity index (χ2n) is 9.42. The minimum atomic E-state index is -0.356. The Hall–Kier alpha value is -4.62. The maximum Gasteiger partial charge on any atom is 0.258 e. The molecule has 5 rings (SSSR count). The minimum Gasteiger partial charge on any atom is -0.475 e. The molecule has 0 aliphatic heterocycles. The highest BCUT2D eigenvalue weighted by atomic mass is 16.5. The monoisotopic (exact) mass is 509 g/mol. The topological polar surface area (TPSA) is 130 Å². The van der Waals surface area contributed by atoms with E-state index in [9.17, 15) is 10.1 Å². The Morgan fingerprint density at radius 3 is 2.58 bits per heavy atom. The molecule has 1 aliphatic rings. The fraction of sp³-hybridized carbons (Fsp3) is 0.286. The van der Waals surface area contributed by atoms with E-state index in [0.717, 1.165) is 29.5 Å². The molecule has 0 spiro atoms. The predicted octanol–water partition coefficient (Wildman–Crippen LogP) is 4.44. The largest absolute Gasteiger partial charge is 0.475 e. The van der Waals surface area contributed by atoms with E-state index in [2.05, 4.69) is 37.6 Å². The van der Waals surface area contributed by atoms with Crippen molar-refractivity contribution in [2.75, 3.05) is 32.6 Å². The summed E-state index contributed by atoms with van der Waals surface area (Å²) in [6, 6.07) is 15.6. The van der Waals surface area contributed by atoms with Crippen molar-refractivity contribution in [3.63, 3.8) is 0 Å². The molecule has 2 aromatic heterocycles. The van der Waals surface area contributed by atoms with Crippen molar-refractivity contribution in [3.8, 4) is 34.5 Å². The minimum absolute atomic E-state index is 0.0706. The third kappa shape index (κ3) is 5.68. The Labute approximate surface area is 220 Å². The lowest BCUT2D eigenvalue weighted by molar-refractivity contribution is 0.102. The van der Waals surface area contributed by atoms with Gasteiger partial charge in [-0.05, 0) is 67.7 Å². The Bertz CT molecular complexity index is 1500. The van der Waals surface area contributed by atoms with Crippen molar-refractivity contribution in [2.24, 2.45) is 0 Å². The van der Waals surface area contributed by atoms with E-state index in [1.807, 2.05) is 43.3 Å². The molecule has 4 aromatic rings. The van der Waals surface area contributed by atoms with Gasteiger partial charge in [-0.3, -0.25) is 10.1 Å². The second-order valence-corrected chi connectivity index (χ2v) is 9.42. The summed E-state index contributed by atoms with van der Waals surface area (Å²) in [5.74, 6) is 1.47. The van der Waals surface area contributed by atoms with E-state index in [1.165, 1.54) is 11.8 Å². The number of aromatic nitrogens is 4. The molecule has 1 aliphatic carbocycles. The number of carbonyl (C=O) groups is 1. The zero-order valence-electron chi connectivity index (χ0n) is 21.4. The first-order chi connectivity index (χ1) is 18.4. The average molecular weight is 510 g/mol. The van der Waals surface area contributed by atoms with Crippen LogP contribution >= 0.6 is 0 Å². The number of aryl methyl sites for hydroxylation is 1. The summed E-state index contributed by atoms with van der Waals surface area (Å²) in [6.45, 7) is 2.79. The fourth-order valence-corrected chi connectivity index (χ4v) is 4.03. The molecule has 1 fully saturated rings. The number of hydrogen-bond acceptors (Lipinski definition) is 9. The zero-order valence-corrected chi connectivity index (χ0v) is 21.4. The lowest BCUT2D eigenvalue weighted by atomic mass is 9.94. The first-order valence-corrected chi connectivity index (χ1v) is 12.3. The van der Waals surface area contributed by atoms with Crippen molar-refractivity contribution in [3.05, 3.63) is 71.2 Å². The van der Waals surface area contributed by atoms with Gasteiger partial charge >= 0.3 is 0 Å². The first kappa shape index (κ1) is 25.0. The molecule has 0 unspecified atom stereocenters. The van der Waals surface area contributed by atoms with Crippen molar-refractivity contribution < 1.29 is 14.1 Å². The zero-order chi connectivity index (χ0) is 26.6. The van der Waals surface area contributed by atoms with Gasteiger partial charge in [0, 0.05) is 24.6 Å². The Morgan fingerprint density at radius 1 is 1.16 bits per heavy atom. The number of benzene rings is 2. The van der Waals surface area contributed by atoms with E-state index in [0.29, 0.717) is 36.3 Å². The highest BCUT2D eigenvalue weighted by molar-refractivity contribution is 6.03. The molecule has 0 atom stereocenters. The summed E-state index contributed by atoms with van der Waals surface area (Å²) in [5.41, 5.74) is 4.98. The number of rotatable bonds is 9. The lowest BCUT2D eigenvalue weighted by Crippen LogP contribution is -2.20. The van der Waals surface area contributed by atoms with Crippen LogP contribution in [0.5, 0.6) is 5.88 Å². The van der Waals surface area contributed by atoms with E-state index in [1.54, 1.807) is 19.1 Å². The molecule has 0 saturated heterocycles. The molecule has 0 radical (unpaired) electrons. The van der Waals surface area contributed by atoms with Crippen LogP contribution in [-0.4, -0.2) is 58.2 Å². The van der Waals surface area contributed by atoms with Crippen molar-refractivity contribution >= 4 is 11.9 Å². The van der Waals surface area contributed by atoms with Crippen LogP contribution in [0.1, 0.15) is 46.1 Å². The number of nitriles is 1. The van der Waals surface area contributed by atoms with Gasteiger partial charge in [0.05, 0.1) is 6.20 Å². The first-order valence-electron chi connectivity index (χ1n) is 12.3. The summed E-state index contributed by atoms with van der Waals surface area (Å²) in [4.78, 5) is 27.5. The number of amides is 1. The molecule has 192 valence electrons. The molecular formula is C28H27N7O3. The summed E-state index contributed by atoms with van der Waals surface area (Å²) in [6.07, 6.45) is 3.64. The maximum atomic E-state index is 12.9. The third-order valence-electron chi connectivity index (χ3n) is 6.19. The number of hydrogen-bond donors (Lipinski definition) is 1.